The van der Waals surface area contributed by atoms with Gasteiger partial charge in [0.15, 0.2) is 0 Å². The van der Waals surface area contributed by atoms with Crippen LogP contribution in [0.25, 0.3) is 0 Å². The van der Waals surface area contributed by atoms with E-state index in [1.807, 2.05) is 25.1 Å². The molecule has 0 bridgehead atoms. The molecule has 0 aliphatic heterocycles. The number of carbonyl (C=O) groups is 1. The lowest BCUT2D eigenvalue weighted by Crippen LogP contribution is -2.41. The van der Waals surface area contributed by atoms with E-state index in [1.165, 1.54) is 5.19 Å². The molecule has 0 spiro atoms. The van der Waals surface area contributed by atoms with E-state index in [9.17, 15) is 4.79 Å². The smallest absolute Gasteiger partial charge is 0.332 e. The number of hydrazone groups is 1. The molecule has 0 heterocycles. The third-order valence-electron chi connectivity index (χ3n) is 2.46. The van der Waals surface area contributed by atoms with Crippen LogP contribution < -0.4 is 16.3 Å². The molecule has 0 saturated carbocycles. The quantitative estimate of drug-likeness (QED) is 0.477. The second kappa shape index (κ2) is 5.14. The van der Waals surface area contributed by atoms with Gasteiger partial charge in [0.25, 0.3) is 0 Å². The summed E-state index contributed by atoms with van der Waals surface area (Å²) in [5, 5.41) is 5.31. The highest BCUT2D eigenvalue weighted by Crippen LogP contribution is 2.08. The Balaban J connectivity index is 3.14. The monoisotopic (exact) mass is 249 g/mol. The van der Waals surface area contributed by atoms with Gasteiger partial charge < -0.3 is 5.73 Å². The Hall–Kier alpha value is -1.62. The largest absolute Gasteiger partial charge is 0.350 e. The summed E-state index contributed by atoms with van der Waals surface area (Å²) < 4.78 is 0. The summed E-state index contributed by atoms with van der Waals surface area (Å²) in [5.74, 6) is 0. The Kier molecular flexibility index (Phi) is 4.06. The van der Waals surface area contributed by atoms with Crippen molar-refractivity contribution < 1.29 is 4.79 Å². The minimum Gasteiger partial charge on any atom is -0.350 e. The van der Waals surface area contributed by atoms with Crippen molar-refractivity contribution in [3.63, 3.8) is 0 Å². The zero-order valence-electron chi connectivity index (χ0n) is 10.7. The summed E-state index contributed by atoms with van der Waals surface area (Å²) in [6.07, 6.45) is 0. The second-order valence-corrected chi connectivity index (χ2v) is 10.0. The van der Waals surface area contributed by atoms with E-state index in [1.54, 1.807) is 0 Å². The molecule has 0 aromatic heterocycles. The van der Waals surface area contributed by atoms with Crippen molar-refractivity contribution >= 4 is 25.0 Å². The number of urea groups is 1. The average molecular weight is 249 g/mol. The molecule has 2 amide bonds. The Bertz CT molecular complexity index is 449. The molecule has 4 nitrogen and oxygen atoms in total. The van der Waals surface area contributed by atoms with E-state index in [-0.39, 0.29) is 0 Å². The topological polar surface area (TPSA) is 67.5 Å². The summed E-state index contributed by atoms with van der Waals surface area (Å²) in [7, 11) is -1.42. The van der Waals surface area contributed by atoms with Crippen LogP contribution in [0.4, 0.5) is 4.79 Å². The first-order chi connectivity index (χ1) is 7.82. The van der Waals surface area contributed by atoms with Crippen LogP contribution in [-0.4, -0.2) is 19.8 Å². The third kappa shape index (κ3) is 3.71. The predicted molar refractivity (Wildman–Crippen MR) is 74.4 cm³/mol. The number of primary amides is 1. The Labute approximate surface area is 103 Å². The molecule has 0 aliphatic carbocycles. The number of hydrogen-bond donors (Lipinski definition) is 2. The van der Waals surface area contributed by atoms with Crippen LogP contribution in [0.2, 0.25) is 19.6 Å². The second-order valence-electron chi connectivity index (χ2n) is 4.97. The first-order valence-corrected chi connectivity index (χ1v) is 9.02. The van der Waals surface area contributed by atoms with Crippen LogP contribution in [0.5, 0.6) is 0 Å². The SMILES string of the molecule is CC(=NNC(N)=O)c1ccccc1[Si](C)(C)C. The van der Waals surface area contributed by atoms with Crippen molar-refractivity contribution in [1.29, 1.82) is 0 Å². The Morgan fingerprint density at radius 2 is 1.88 bits per heavy atom. The first-order valence-electron chi connectivity index (χ1n) is 5.52. The van der Waals surface area contributed by atoms with Crippen molar-refractivity contribution in [2.75, 3.05) is 0 Å². The lowest BCUT2D eigenvalue weighted by molar-refractivity contribution is 0.249. The van der Waals surface area contributed by atoms with Crippen LogP contribution in [0.15, 0.2) is 29.4 Å². The van der Waals surface area contributed by atoms with Gasteiger partial charge in [0.05, 0.1) is 13.8 Å². The van der Waals surface area contributed by atoms with Gasteiger partial charge in [0.1, 0.15) is 0 Å². The summed E-state index contributed by atoms with van der Waals surface area (Å²) in [5.41, 5.74) is 9.12. The van der Waals surface area contributed by atoms with E-state index in [4.69, 9.17) is 5.73 Å². The highest BCUT2D eigenvalue weighted by atomic mass is 28.3. The molecule has 0 unspecified atom stereocenters. The van der Waals surface area contributed by atoms with Gasteiger partial charge in [-0.15, -0.1) is 0 Å². The minimum atomic E-state index is -1.42. The summed E-state index contributed by atoms with van der Waals surface area (Å²) in [6.45, 7) is 8.71. The normalized spacial score (nSPS) is 12.4. The fourth-order valence-electron chi connectivity index (χ4n) is 1.65. The fourth-order valence-corrected chi connectivity index (χ4v) is 3.32. The number of benzene rings is 1. The third-order valence-corrected chi connectivity index (χ3v) is 4.51. The zero-order chi connectivity index (χ0) is 13.1. The van der Waals surface area contributed by atoms with E-state index >= 15 is 0 Å². The molecule has 0 aliphatic rings. The number of rotatable bonds is 3. The average Bonchev–Trinajstić information content (AvgIpc) is 2.24. The van der Waals surface area contributed by atoms with Crippen molar-refractivity contribution in [2.24, 2.45) is 10.8 Å². The van der Waals surface area contributed by atoms with Gasteiger partial charge in [-0.1, -0.05) is 49.1 Å². The predicted octanol–water partition coefficient (Wildman–Crippen LogP) is 1.62. The van der Waals surface area contributed by atoms with Gasteiger partial charge in [0, 0.05) is 0 Å². The standard InChI is InChI=1S/C12H19N3OSi/c1-9(14-15-12(13)16)10-7-5-6-8-11(10)17(2,3)4/h5-8H,1-4H3,(H3,13,15,16). The van der Waals surface area contributed by atoms with E-state index in [2.05, 4.69) is 36.2 Å². The van der Waals surface area contributed by atoms with Gasteiger partial charge in [-0.3, -0.25) is 0 Å². The Morgan fingerprint density at radius 3 is 2.41 bits per heavy atom. The van der Waals surface area contributed by atoms with Crippen molar-refractivity contribution in [3.05, 3.63) is 29.8 Å². The van der Waals surface area contributed by atoms with Crippen LogP contribution in [-0.2, 0) is 0 Å². The van der Waals surface area contributed by atoms with Crippen molar-refractivity contribution in [2.45, 2.75) is 26.6 Å². The number of nitrogens with two attached hydrogens (primary N) is 1. The van der Waals surface area contributed by atoms with Crippen LogP contribution in [0.1, 0.15) is 12.5 Å². The molecule has 1 rings (SSSR count). The molecule has 1 aromatic carbocycles. The van der Waals surface area contributed by atoms with Crippen LogP contribution in [0.3, 0.4) is 0 Å². The van der Waals surface area contributed by atoms with Gasteiger partial charge >= 0.3 is 6.03 Å². The number of carbonyl (C=O) groups excluding carboxylic acids is 1. The van der Waals surface area contributed by atoms with Gasteiger partial charge in [0.2, 0.25) is 0 Å². The number of amides is 2. The molecule has 3 N–H and O–H groups in total. The number of nitrogens with zero attached hydrogens (tertiary/aromatic N) is 1. The molecule has 0 fully saturated rings. The lowest BCUT2D eigenvalue weighted by Gasteiger charge is -2.20. The summed E-state index contributed by atoms with van der Waals surface area (Å²) in [4.78, 5) is 10.6. The molecular formula is C12H19N3OSi. The van der Waals surface area contributed by atoms with Crippen molar-refractivity contribution in [1.82, 2.24) is 5.43 Å². The molecule has 92 valence electrons. The van der Waals surface area contributed by atoms with Gasteiger partial charge in [-0.05, 0) is 12.5 Å². The highest BCUT2D eigenvalue weighted by molar-refractivity contribution is 6.89. The summed E-state index contributed by atoms with van der Waals surface area (Å²) >= 11 is 0. The molecule has 17 heavy (non-hydrogen) atoms. The van der Waals surface area contributed by atoms with E-state index < -0.39 is 14.1 Å². The van der Waals surface area contributed by atoms with Gasteiger partial charge in [-0.25, -0.2) is 10.2 Å². The maximum Gasteiger partial charge on any atom is 0.332 e. The highest BCUT2D eigenvalue weighted by Gasteiger charge is 2.20. The molecule has 1 aromatic rings. The molecule has 0 atom stereocenters. The number of nitrogens with one attached hydrogen (secondary N) is 1. The summed E-state index contributed by atoms with van der Waals surface area (Å²) in [6, 6.07) is 7.52. The first kappa shape index (κ1) is 13.4. The lowest BCUT2D eigenvalue weighted by atomic mass is 10.1. The fraction of sp³-hybridized carbons (Fsp3) is 0.333. The molecule has 0 radical (unpaired) electrons. The molecular weight excluding hydrogens is 230 g/mol. The van der Waals surface area contributed by atoms with Crippen molar-refractivity contribution in [3.8, 4) is 0 Å². The molecule has 0 saturated heterocycles. The maximum atomic E-state index is 10.6. The van der Waals surface area contributed by atoms with Gasteiger partial charge in [-0.2, -0.15) is 5.10 Å². The Morgan fingerprint density at radius 1 is 1.29 bits per heavy atom. The molecule has 5 heteroatoms. The van der Waals surface area contributed by atoms with Crippen LogP contribution in [0, 0.1) is 0 Å². The van der Waals surface area contributed by atoms with E-state index in [0.717, 1.165) is 11.3 Å². The number of hydrogen-bond acceptors (Lipinski definition) is 2. The maximum absolute atomic E-state index is 10.6. The van der Waals surface area contributed by atoms with E-state index in [0.29, 0.717) is 0 Å². The zero-order valence-corrected chi connectivity index (χ0v) is 11.7. The van der Waals surface area contributed by atoms with Crippen LogP contribution >= 0.6 is 0 Å². The minimum absolute atomic E-state index is 0.644.